The third-order valence-corrected chi connectivity index (χ3v) is 4.87. The summed E-state index contributed by atoms with van der Waals surface area (Å²) < 4.78 is 5.72. The van der Waals surface area contributed by atoms with Crippen LogP contribution in [0.5, 0.6) is 5.75 Å². The van der Waals surface area contributed by atoms with Crippen molar-refractivity contribution in [1.29, 1.82) is 0 Å². The second-order valence-electron chi connectivity index (χ2n) is 6.87. The maximum atomic E-state index is 9.40. The van der Waals surface area contributed by atoms with E-state index >= 15 is 0 Å². The maximum absolute atomic E-state index is 9.40. The number of phenols is 1. The van der Waals surface area contributed by atoms with Crippen LogP contribution in [0.15, 0.2) is 52.1 Å². The predicted molar refractivity (Wildman–Crippen MR) is 123 cm³/mol. The number of hydrogen-bond donors (Lipinski definition) is 3. The number of nitrogens with zero attached hydrogens (tertiary/aromatic N) is 2. The van der Waals surface area contributed by atoms with Gasteiger partial charge in [-0.3, -0.25) is 4.90 Å². The van der Waals surface area contributed by atoms with Crippen molar-refractivity contribution in [3.63, 3.8) is 0 Å². The van der Waals surface area contributed by atoms with Crippen LogP contribution in [-0.4, -0.2) is 42.1 Å². The largest absolute Gasteiger partial charge is 0.508 e. The van der Waals surface area contributed by atoms with E-state index in [-0.39, 0.29) is 35.8 Å². The minimum atomic E-state index is 0. The van der Waals surface area contributed by atoms with Crippen LogP contribution in [0.4, 0.5) is 0 Å². The molecule has 1 unspecified atom stereocenters. The van der Waals surface area contributed by atoms with Gasteiger partial charge in [0.25, 0.3) is 0 Å². The molecule has 3 N–H and O–H groups in total. The van der Waals surface area contributed by atoms with Gasteiger partial charge in [-0.05, 0) is 62.7 Å². The molecule has 0 radical (unpaired) electrons. The van der Waals surface area contributed by atoms with E-state index in [0.717, 1.165) is 43.5 Å². The molecule has 1 aliphatic rings. The SMILES string of the molecule is CCNC(=NCc1ccc(O)cc1)NCC(c1ccco1)N1CCCCC1.I. The predicted octanol–water partition coefficient (Wildman–Crippen LogP) is 3.89. The summed E-state index contributed by atoms with van der Waals surface area (Å²) in [5.74, 6) is 2.06. The van der Waals surface area contributed by atoms with Gasteiger partial charge < -0.3 is 20.2 Å². The Balaban J connectivity index is 0.00000280. The first-order chi connectivity index (χ1) is 13.3. The van der Waals surface area contributed by atoms with Gasteiger partial charge in [-0.2, -0.15) is 0 Å². The van der Waals surface area contributed by atoms with Crippen LogP contribution in [0.1, 0.15) is 43.6 Å². The molecule has 1 aliphatic heterocycles. The molecule has 1 fully saturated rings. The Morgan fingerprint density at radius 1 is 1.14 bits per heavy atom. The lowest BCUT2D eigenvalue weighted by atomic mass is 10.1. The van der Waals surface area contributed by atoms with Gasteiger partial charge in [-0.25, -0.2) is 4.99 Å². The number of aromatic hydroxyl groups is 1. The number of hydrogen-bond acceptors (Lipinski definition) is 4. The van der Waals surface area contributed by atoms with E-state index in [1.54, 1.807) is 18.4 Å². The average molecular weight is 498 g/mol. The lowest BCUT2D eigenvalue weighted by Gasteiger charge is -2.33. The molecule has 3 rings (SSSR count). The molecule has 0 saturated carbocycles. The minimum absolute atomic E-state index is 0. The monoisotopic (exact) mass is 498 g/mol. The summed E-state index contributed by atoms with van der Waals surface area (Å²) in [6, 6.07) is 11.4. The fourth-order valence-corrected chi connectivity index (χ4v) is 3.43. The highest BCUT2D eigenvalue weighted by atomic mass is 127. The van der Waals surface area contributed by atoms with Gasteiger partial charge in [-0.1, -0.05) is 18.6 Å². The Bertz CT molecular complexity index is 698. The summed E-state index contributed by atoms with van der Waals surface area (Å²) in [6.45, 7) is 6.38. The van der Waals surface area contributed by atoms with Gasteiger partial charge in [0.1, 0.15) is 11.5 Å². The molecule has 0 amide bonds. The zero-order valence-electron chi connectivity index (χ0n) is 16.4. The number of furan rings is 1. The van der Waals surface area contributed by atoms with E-state index in [9.17, 15) is 5.11 Å². The number of aliphatic imine (C=N–C) groups is 1. The highest BCUT2D eigenvalue weighted by Crippen LogP contribution is 2.24. The van der Waals surface area contributed by atoms with Gasteiger partial charge in [0.05, 0.1) is 18.8 Å². The molecule has 2 heterocycles. The Hall–Kier alpha value is -1.74. The number of phenolic OH excluding ortho intramolecular Hbond substituents is 1. The highest BCUT2D eigenvalue weighted by molar-refractivity contribution is 14.0. The molecule has 1 saturated heterocycles. The molecule has 1 atom stereocenters. The molecule has 2 aromatic rings. The first-order valence-corrected chi connectivity index (χ1v) is 9.84. The van der Waals surface area contributed by atoms with Crippen LogP contribution in [0.3, 0.4) is 0 Å². The second-order valence-corrected chi connectivity index (χ2v) is 6.87. The Morgan fingerprint density at radius 3 is 2.54 bits per heavy atom. The molecular formula is C21H31IN4O2. The Morgan fingerprint density at radius 2 is 1.89 bits per heavy atom. The highest BCUT2D eigenvalue weighted by Gasteiger charge is 2.24. The lowest BCUT2D eigenvalue weighted by molar-refractivity contribution is 0.146. The van der Waals surface area contributed by atoms with E-state index < -0.39 is 0 Å². The van der Waals surface area contributed by atoms with Crippen molar-refractivity contribution >= 4 is 29.9 Å². The van der Waals surface area contributed by atoms with E-state index in [4.69, 9.17) is 4.42 Å². The molecule has 154 valence electrons. The summed E-state index contributed by atoms with van der Waals surface area (Å²) >= 11 is 0. The summed E-state index contributed by atoms with van der Waals surface area (Å²) in [4.78, 5) is 7.17. The zero-order valence-corrected chi connectivity index (χ0v) is 18.8. The van der Waals surface area contributed by atoms with Crippen LogP contribution in [0.2, 0.25) is 0 Å². The van der Waals surface area contributed by atoms with Crippen molar-refractivity contribution in [2.75, 3.05) is 26.2 Å². The van der Waals surface area contributed by atoms with Gasteiger partial charge in [0.2, 0.25) is 0 Å². The minimum Gasteiger partial charge on any atom is -0.508 e. The fraction of sp³-hybridized carbons (Fsp3) is 0.476. The van der Waals surface area contributed by atoms with E-state index in [2.05, 4.69) is 33.5 Å². The van der Waals surface area contributed by atoms with Crippen molar-refractivity contribution in [3.8, 4) is 5.75 Å². The van der Waals surface area contributed by atoms with Gasteiger partial charge in [0.15, 0.2) is 5.96 Å². The molecule has 7 heteroatoms. The maximum Gasteiger partial charge on any atom is 0.191 e. The number of nitrogens with one attached hydrogen (secondary N) is 2. The number of halogens is 1. The molecular weight excluding hydrogens is 467 g/mol. The quantitative estimate of drug-likeness (QED) is 0.307. The normalized spacial score (nSPS) is 16.2. The van der Waals surface area contributed by atoms with Crippen molar-refractivity contribution in [2.24, 2.45) is 4.99 Å². The fourth-order valence-electron chi connectivity index (χ4n) is 3.43. The molecule has 28 heavy (non-hydrogen) atoms. The third-order valence-electron chi connectivity index (χ3n) is 4.87. The van der Waals surface area contributed by atoms with Crippen LogP contribution in [0.25, 0.3) is 0 Å². The molecule has 0 bridgehead atoms. The van der Waals surface area contributed by atoms with Crippen LogP contribution < -0.4 is 10.6 Å². The van der Waals surface area contributed by atoms with Gasteiger partial charge >= 0.3 is 0 Å². The lowest BCUT2D eigenvalue weighted by Crippen LogP contribution is -2.44. The average Bonchev–Trinajstić information content (AvgIpc) is 3.23. The topological polar surface area (TPSA) is 73.0 Å². The Kier molecular flexibility index (Phi) is 9.63. The van der Waals surface area contributed by atoms with Crippen molar-refractivity contribution in [2.45, 2.75) is 38.8 Å². The summed E-state index contributed by atoms with van der Waals surface area (Å²) in [5.41, 5.74) is 1.06. The first kappa shape index (κ1) is 22.5. The molecule has 0 aliphatic carbocycles. The van der Waals surface area contributed by atoms with Gasteiger partial charge in [0, 0.05) is 13.1 Å². The summed E-state index contributed by atoms with van der Waals surface area (Å²) in [6.07, 6.45) is 5.54. The van der Waals surface area contributed by atoms with Crippen LogP contribution in [-0.2, 0) is 6.54 Å². The zero-order chi connectivity index (χ0) is 18.9. The molecule has 1 aromatic heterocycles. The molecule has 0 spiro atoms. The van der Waals surface area contributed by atoms with Crippen molar-refractivity contribution in [1.82, 2.24) is 15.5 Å². The standard InChI is InChI=1S/C21H30N4O2.HI/c1-2-22-21(23-15-17-8-10-18(26)11-9-17)24-16-19(20-7-6-14-27-20)25-12-4-3-5-13-25;/h6-11,14,19,26H,2-5,12-13,15-16H2,1H3,(H2,22,23,24);1H. The summed E-state index contributed by atoms with van der Waals surface area (Å²) in [5, 5.41) is 16.2. The summed E-state index contributed by atoms with van der Waals surface area (Å²) in [7, 11) is 0. The number of likely N-dealkylation sites (tertiary alicyclic amines) is 1. The number of benzene rings is 1. The number of rotatable bonds is 7. The van der Waals surface area contributed by atoms with Crippen molar-refractivity contribution in [3.05, 3.63) is 54.0 Å². The van der Waals surface area contributed by atoms with E-state index in [1.807, 2.05) is 18.2 Å². The number of guanidine groups is 1. The Labute approximate surface area is 184 Å². The smallest absolute Gasteiger partial charge is 0.191 e. The molecule has 1 aromatic carbocycles. The van der Waals surface area contributed by atoms with Crippen molar-refractivity contribution < 1.29 is 9.52 Å². The molecule has 6 nitrogen and oxygen atoms in total. The van der Waals surface area contributed by atoms with E-state index in [0.29, 0.717) is 6.54 Å². The third kappa shape index (κ3) is 6.70. The van der Waals surface area contributed by atoms with Crippen LogP contribution >= 0.6 is 24.0 Å². The van der Waals surface area contributed by atoms with Crippen LogP contribution in [0, 0.1) is 0 Å². The van der Waals surface area contributed by atoms with E-state index in [1.165, 1.54) is 19.3 Å². The second kappa shape index (κ2) is 12.0. The first-order valence-electron chi connectivity index (χ1n) is 9.84. The number of piperidine rings is 1. The van der Waals surface area contributed by atoms with Gasteiger partial charge in [-0.15, -0.1) is 24.0 Å².